The van der Waals surface area contributed by atoms with Crippen LogP contribution in [0.2, 0.25) is 0 Å². The van der Waals surface area contributed by atoms with Gasteiger partial charge in [-0.15, -0.1) is 22.7 Å². The molecule has 2 heterocycles. The van der Waals surface area contributed by atoms with Crippen molar-refractivity contribution in [1.29, 1.82) is 0 Å². The Balaban J connectivity index is 1.67. The maximum atomic E-state index is 12.4. The Hall–Kier alpha value is -1.24. The van der Waals surface area contributed by atoms with E-state index in [1.165, 1.54) is 35.5 Å². The van der Waals surface area contributed by atoms with Gasteiger partial charge in [-0.1, -0.05) is 25.3 Å². The quantitative estimate of drug-likeness (QED) is 0.840. The van der Waals surface area contributed by atoms with E-state index in [0.717, 1.165) is 24.3 Å². The first kappa shape index (κ1) is 16.6. The highest BCUT2D eigenvalue weighted by molar-refractivity contribution is 7.10. The van der Waals surface area contributed by atoms with Gasteiger partial charge in [-0.3, -0.25) is 4.79 Å². The van der Waals surface area contributed by atoms with Crippen molar-refractivity contribution < 1.29 is 4.79 Å². The normalized spacial score (nSPS) is 17.1. The Morgan fingerprint density at radius 2 is 2.13 bits per heavy atom. The molecule has 1 aliphatic rings. The summed E-state index contributed by atoms with van der Waals surface area (Å²) in [6.45, 7) is 1.27. The lowest BCUT2D eigenvalue weighted by Crippen LogP contribution is -2.41. The fourth-order valence-corrected chi connectivity index (χ4v) is 5.09. The van der Waals surface area contributed by atoms with Gasteiger partial charge in [-0.05, 0) is 30.8 Å². The zero-order chi connectivity index (χ0) is 16.1. The highest BCUT2D eigenvalue weighted by atomic mass is 32.1. The largest absolute Gasteiger partial charge is 0.350 e. The fraction of sp³-hybridized carbons (Fsp3) is 0.529. The molecule has 2 aromatic rings. The van der Waals surface area contributed by atoms with E-state index in [4.69, 9.17) is 5.73 Å². The molecule has 0 aromatic carbocycles. The third-order valence-corrected chi connectivity index (χ3v) is 6.61. The maximum absolute atomic E-state index is 12.4. The third kappa shape index (κ3) is 3.82. The predicted octanol–water partition coefficient (Wildman–Crippen LogP) is 3.34. The molecule has 3 N–H and O–H groups in total. The van der Waals surface area contributed by atoms with Crippen LogP contribution < -0.4 is 11.1 Å². The summed E-state index contributed by atoms with van der Waals surface area (Å²) in [7, 11) is 0. The number of hydrogen-bond acceptors (Lipinski definition) is 5. The first-order valence-corrected chi connectivity index (χ1v) is 9.96. The van der Waals surface area contributed by atoms with Gasteiger partial charge in [-0.25, -0.2) is 4.98 Å². The van der Waals surface area contributed by atoms with E-state index in [0.29, 0.717) is 18.8 Å². The molecule has 0 radical (unpaired) electrons. The smallest absolute Gasteiger partial charge is 0.270 e. The molecular weight excluding hydrogens is 326 g/mol. The Morgan fingerprint density at radius 1 is 1.30 bits per heavy atom. The van der Waals surface area contributed by atoms with Crippen LogP contribution in [0.3, 0.4) is 0 Å². The van der Waals surface area contributed by atoms with Crippen molar-refractivity contribution in [3.05, 3.63) is 38.5 Å². The monoisotopic (exact) mass is 349 g/mol. The van der Waals surface area contributed by atoms with Gasteiger partial charge in [0.1, 0.15) is 5.69 Å². The maximum Gasteiger partial charge on any atom is 0.270 e. The molecule has 1 aliphatic carbocycles. The van der Waals surface area contributed by atoms with E-state index in [1.807, 2.05) is 16.7 Å². The van der Waals surface area contributed by atoms with Crippen molar-refractivity contribution in [3.63, 3.8) is 0 Å². The van der Waals surface area contributed by atoms with E-state index in [9.17, 15) is 4.79 Å². The Morgan fingerprint density at radius 3 is 2.83 bits per heavy atom. The van der Waals surface area contributed by atoms with Crippen LogP contribution in [-0.4, -0.2) is 24.0 Å². The van der Waals surface area contributed by atoms with Crippen LogP contribution in [-0.2, 0) is 11.8 Å². The van der Waals surface area contributed by atoms with E-state index >= 15 is 0 Å². The summed E-state index contributed by atoms with van der Waals surface area (Å²) >= 11 is 3.32. The van der Waals surface area contributed by atoms with Gasteiger partial charge in [0.05, 0.1) is 5.01 Å². The van der Waals surface area contributed by atoms with Crippen LogP contribution in [0.15, 0.2) is 22.9 Å². The number of amides is 1. The number of nitrogens with zero attached hydrogens (tertiary/aromatic N) is 1. The van der Waals surface area contributed by atoms with Crippen LogP contribution in [0.5, 0.6) is 0 Å². The standard InChI is InChI=1S/C17H23N3OS2/c18-9-6-15-20-13(11-23-15)16(21)19-12-17(7-2-1-3-8-17)14-5-4-10-22-14/h4-5,10-11H,1-3,6-9,12,18H2,(H,19,21). The molecule has 0 bridgehead atoms. The lowest BCUT2D eigenvalue weighted by atomic mass is 9.73. The fourth-order valence-electron chi connectivity index (χ4n) is 3.31. The number of thiazole rings is 1. The van der Waals surface area contributed by atoms with Crippen LogP contribution in [0.1, 0.15) is 52.5 Å². The summed E-state index contributed by atoms with van der Waals surface area (Å²) in [6, 6.07) is 4.32. The summed E-state index contributed by atoms with van der Waals surface area (Å²) in [5.41, 5.74) is 6.17. The molecule has 1 fully saturated rings. The molecule has 1 amide bonds. The number of aromatic nitrogens is 1. The number of thiophene rings is 1. The van der Waals surface area contributed by atoms with Crippen molar-refractivity contribution in [1.82, 2.24) is 10.3 Å². The minimum Gasteiger partial charge on any atom is -0.350 e. The molecule has 6 heteroatoms. The van der Waals surface area contributed by atoms with Crippen molar-refractivity contribution in [2.75, 3.05) is 13.1 Å². The first-order valence-electron chi connectivity index (χ1n) is 8.20. The molecule has 1 saturated carbocycles. The van der Waals surface area contributed by atoms with Gasteiger partial charge in [0.15, 0.2) is 0 Å². The van der Waals surface area contributed by atoms with Gasteiger partial charge in [0, 0.05) is 28.6 Å². The van der Waals surface area contributed by atoms with E-state index in [-0.39, 0.29) is 11.3 Å². The Kier molecular flexibility index (Phi) is 5.46. The summed E-state index contributed by atoms with van der Waals surface area (Å²) < 4.78 is 0. The minimum absolute atomic E-state index is 0.0639. The molecule has 124 valence electrons. The zero-order valence-corrected chi connectivity index (χ0v) is 14.8. The van der Waals surface area contributed by atoms with Gasteiger partial charge < -0.3 is 11.1 Å². The number of nitrogens with two attached hydrogens (primary N) is 1. The summed E-state index contributed by atoms with van der Waals surface area (Å²) in [5, 5.41) is 8.03. The molecule has 0 saturated heterocycles. The number of hydrogen-bond donors (Lipinski definition) is 2. The van der Waals surface area contributed by atoms with Crippen LogP contribution in [0, 0.1) is 0 Å². The number of carbonyl (C=O) groups is 1. The molecule has 0 spiro atoms. The van der Waals surface area contributed by atoms with Crippen LogP contribution >= 0.6 is 22.7 Å². The highest BCUT2D eigenvalue weighted by Crippen LogP contribution is 2.41. The van der Waals surface area contributed by atoms with Crippen molar-refractivity contribution in [3.8, 4) is 0 Å². The average molecular weight is 350 g/mol. The number of carbonyl (C=O) groups excluding carboxylic acids is 1. The minimum atomic E-state index is -0.0639. The predicted molar refractivity (Wildman–Crippen MR) is 96.3 cm³/mol. The van der Waals surface area contributed by atoms with E-state index < -0.39 is 0 Å². The second kappa shape index (κ2) is 7.55. The van der Waals surface area contributed by atoms with Gasteiger partial charge in [-0.2, -0.15) is 0 Å². The molecule has 3 rings (SSSR count). The zero-order valence-electron chi connectivity index (χ0n) is 13.2. The molecule has 23 heavy (non-hydrogen) atoms. The van der Waals surface area contributed by atoms with E-state index in [1.54, 1.807) is 0 Å². The van der Waals surface area contributed by atoms with Crippen LogP contribution in [0.4, 0.5) is 0 Å². The highest BCUT2D eigenvalue weighted by Gasteiger charge is 2.35. The van der Waals surface area contributed by atoms with Gasteiger partial charge in [0.2, 0.25) is 0 Å². The van der Waals surface area contributed by atoms with E-state index in [2.05, 4.69) is 27.8 Å². The molecule has 2 aromatic heterocycles. The summed E-state index contributed by atoms with van der Waals surface area (Å²) in [5.74, 6) is -0.0639. The molecule has 0 atom stereocenters. The number of rotatable bonds is 6. The van der Waals surface area contributed by atoms with Crippen molar-refractivity contribution in [2.45, 2.75) is 43.9 Å². The number of nitrogens with one attached hydrogen (secondary N) is 1. The van der Waals surface area contributed by atoms with Gasteiger partial charge in [0.25, 0.3) is 5.91 Å². The lowest BCUT2D eigenvalue weighted by Gasteiger charge is -2.36. The molecule has 0 unspecified atom stereocenters. The SMILES string of the molecule is NCCc1nc(C(=O)NCC2(c3cccs3)CCCCC2)cs1. The second-order valence-electron chi connectivity index (χ2n) is 6.17. The topological polar surface area (TPSA) is 68.0 Å². The summed E-state index contributed by atoms with van der Waals surface area (Å²) in [6.07, 6.45) is 6.83. The third-order valence-electron chi connectivity index (χ3n) is 4.58. The Bertz CT molecular complexity index is 630. The lowest BCUT2D eigenvalue weighted by molar-refractivity contribution is 0.0932. The van der Waals surface area contributed by atoms with Crippen LogP contribution in [0.25, 0.3) is 0 Å². The molecular formula is C17H23N3OS2. The second-order valence-corrected chi connectivity index (χ2v) is 8.06. The van der Waals surface area contributed by atoms with Gasteiger partial charge >= 0.3 is 0 Å². The molecule has 0 aliphatic heterocycles. The average Bonchev–Trinajstić information content (AvgIpc) is 3.26. The summed E-state index contributed by atoms with van der Waals surface area (Å²) in [4.78, 5) is 18.2. The molecule has 4 nitrogen and oxygen atoms in total. The van der Waals surface area contributed by atoms with Crippen molar-refractivity contribution >= 4 is 28.6 Å². The van der Waals surface area contributed by atoms with Crippen molar-refractivity contribution in [2.24, 2.45) is 5.73 Å². The first-order chi connectivity index (χ1) is 11.2. The Labute approximate surface area is 145 Å².